The molecule has 4 N–H and O–H groups in total. The molecule has 0 aromatic rings. The summed E-state index contributed by atoms with van der Waals surface area (Å²) in [6.07, 6.45) is 7.20. The van der Waals surface area contributed by atoms with Gasteiger partial charge in [0.05, 0.1) is 11.8 Å². The normalized spacial score (nSPS) is 39.9. The van der Waals surface area contributed by atoms with Crippen LogP contribution in [-0.4, -0.2) is 11.8 Å². The third kappa shape index (κ3) is 1.29. The third-order valence-electron chi connectivity index (χ3n) is 3.89. The number of hydrogen-bond acceptors (Lipinski definition) is 2. The zero-order valence-electron chi connectivity index (χ0n) is 9.06. The van der Waals surface area contributed by atoms with E-state index in [-0.39, 0.29) is 11.3 Å². The van der Waals surface area contributed by atoms with Crippen LogP contribution < -0.4 is 11.5 Å². The molecule has 1 fully saturated rings. The largest absolute Gasteiger partial charge is 0.369 e. The second kappa shape index (κ2) is 3.47. The van der Waals surface area contributed by atoms with E-state index in [0.717, 1.165) is 6.42 Å². The molecule has 0 aliphatic heterocycles. The molecular weight excluding hydrogens is 204 g/mol. The SMILES string of the molecule is C=CCC12C=CC(C1)C(C(N)=O)C2C(N)=O. The summed E-state index contributed by atoms with van der Waals surface area (Å²) in [5.41, 5.74) is 10.5. The van der Waals surface area contributed by atoms with Crippen molar-refractivity contribution in [1.29, 1.82) is 0 Å². The fraction of sp³-hybridized carbons (Fsp3) is 0.500. The van der Waals surface area contributed by atoms with Gasteiger partial charge in [-0.3, -0.25) is 9.59 Å². The highest BCUT2D eigenvalue weighted by atomic mass is 16.2. The Kier molecular flexibility index (Phi) is 2.37. The van der Waals surface area contributed by atoms with E-state index in [1.807, 2.05) is 12.2 Å². The van der Waals surface area contributed by atoms with Crippen LogP contribution in [0.1, 0.15) is 12.8 Å². The number of carbonyl (C=O) groups is 2. The first-order valence-corrected chi connectivity index (χ1v) is 5.41. The Labute approximate surface area is 94.4 Å². The minimum Gasteiger partial charge on any atom is -0.369 e. The van der Waals surface area contributed by atoms with Crippen LogP contribution in [0, 0.1) is 23.2 Å². The molecule has 0 spiro atoms. The Bertz CT molecular complexity index is 388. The molecule has 0 heterocycles. The average molecular weight is 220 g/mol. The zero-order chi connectivity index (χ0) is 11.9. The zero-order valence-corrected chi connectivity index (χ0v) is 9.06. The second-order valence-corrected chi connectivity index (χ2v) is 4.76. The summed E-state index contributed by atoms with van der Waals surface area (Å²) < 4.78 is 0. The van der Waals surface area contributed by atoms with Gasteiger partial charge in [0.2, 0.25) is 11.8 Å². The molecule has 0 radical (unpaired) electrons. The maximum atomic E-state index is 11.5. The van der Waals surface area contributed by atoms with Crippen LogP contribution in [-0.2, 0) is 9.59 Å². The maximum Gasteiger partial charge on any atom is 0.222 e. The highest BCUT2D eigenvalue weighted by Gasteiger charge is 2.58. The van der Waals surface area contributed by atoms with Gasteiger partial charge in [0.15, 0.2) is 0 Å². The van der Waals surface area contributed by atoms with Gasteiger partial charge in [-0.05, 0) is 18.8 Å². The van der Waals surface area contributed by atoms with Crippen LogP contribution in [0.15, 0.2) is 24.8 Å². The lowest BCUT2D eigenvalue weighted by Crippen LogP contribution is -2.43. The number of hydrogen-bond donors (Lipinski definition) is 2. The lowest BCUT2D eigenvalue weighted by molar-refractivity contribution is -0.133. The van der Waals surface area contributed by atoms with E-state index in [0.29, 0.717) is 6.42 Å². The molecule has 2 aliphatic carbocycles. The molecule has 0 aromatic heterocycles. The molecule has 2 bridgehead atoms. The lowest BCUT2D eigenvalue weighted by Gasteiger charge is -2.32. The second-order valence-electron chi connectivity index (χ2n) is 4.76. The van der Waals surface area contributed by atoms with E-state index >= 15 is 0 Å². The minimum atomic E-state index is -0.474. The summed E-state index contributed by atoms with van der Waals surface area (Å²) in [6.45, 7) is 3.70. The number of amides is 2. The molecular formula is C12H16N2O2. The van der Waals surface area contributed by atoms with Crippen LogP contribution in [0.3, 0.4) is 0 Å². The van der Waals surface area contributed by atoms with Crippen LogP contribution in [0.25, 0.3) is 0 Å². The van der Waals surface area contributed by atoms with Crippen molar-refractivity contribution in [1.82, 2.24) is 0 Å². The van der Waals surface area contributed by atoms with Crippen molar-refractivity contribution in [3.63, 3.8) is 0 Å². The summed E-state index contributed by atoms with van der Waals surface area (Å²) in [5, 5.41) is 0. The van der Waals surface area contributed by atoms with Gasteiger partial charge in [0.25, 0.3) is 0 Å². The first-order valence-electron chi connectivity index (χ1n) is 5.41. The number of fused-ring (bicyclic) bond motifs is 2. The molecule has 0 saturated heterocycles. The fourth-order valence-corrected chi connectivity index (χ4v) is 3.35. The van der Waals surface area contributed by atoms with Gasteiger partial charge in [0, 0.05) is 5.41 Å². The van der Waals surface area contributed by atoms with Crippen molar-refractivity contribution in [3.05, 3.63) is 24.8 Å². The van der Waals surface area contributed by atoms with Crippen molar-refractivity contribution < 1.29 is 9.59 Å². The predicted octanol–water partition coefficient (Wildman–Crippen LogP) is 0.342. The molecule has 2 amide bonds. The molecule has 2 aliphatic rings. The van der Waals surface area contributed by atoms with Gasteiger partial charge in [0.1, 0.15) is 0 Å². The summed E-state index contributed by atoms with van der Waals surface area (Å²) in [5.74, 6) is -1.71. The molecule has 16 heavy (non-hydrogen) atoms. The first-order chi connectivity index (χ1) is 7.52. The number of rotatable bonds is 4. The van der Waals surface area contributed by atoms with E-state index in [2.05, 4.69) is 6.58 Å². The van der Waals surface area contributed by atoms with Crippen molar-refractivity contribution in [2.75, 3.05) is 0 Å². The Morgan fingerprint density at radius 3 is 2.62 bits per heavy atom. The number of carbonyl (C=O) groups excluding carboxylic acids is 2. The first kappa shape index (κ1) is 10.9. The van der Waals surface area contributed by atoms with Gasteiger partial charge in [-0.25, -0.2) is 0 Å². The monoisotopic (exact) mass is 220 g/mol. The van der Waals surface area contributed by atoms with Crippen LogP contribution in [0.2, 0.25) is 0 Å². The molecule has 1 saturated carbocycles. The molecule has 4 atom stereocenters. The van der Waals surface area contributed by atoms with Gasteiger partial charge in [-0.2, -0.15) is 0 Å². The van der Waals surface area contributed by atoms with Crippen molar-refractivity contribution in [2.24, 2.45) is 34.6 Å². The number of allylic oxidation sites excluding steroid dienone is 3. The van der Waals surface area contributed by atoms with E-state index in [9.17, 15) is 9.59 Å². The average Bonchev–Trinajstić information content (AvgIpc) is 2.72. The molecule has 4 unspecified atom stereocenters. The highest BCUT2D eigenvalue weighted by molar-refractivity contribution is 5.88. The van der Waals surface area contributed by atoms with E-state index in [1.54, 1.807) is 6.08 Å². The third-order valence-corrected chi connectivity index (χ3v) is 3.89. The quantitative estimate of drug-likeness (QED) is 0.669. The van der Waals surface area contributed by atoms with Crippen molar-refractivity contribution in [3.8, 4) is 0 Å². The molecule has 4 nitrogen and oxygen atoms in total. The Morgan fingerprint density at radius 2 is 2.12 bits per heavy atom. The van der Waals surface area contributed by atoms with Gasteiger partial charge < -0.3 is 11.5 Å². The highest BCUT2D eigenvalue weighted by Crippen LogP contribution is 2.58. The van der Waals surface area contributed by atoms with E-state index in [4.69, 9.17) is 11.5 Å². The Balaban J connectivity index is 2.41. The topological polar surface area (TPSA) is 86.2 Å². The van der Waals surface area contributed by atoms with Crippen LogP contribution in [0.5, 0.6) is 0 Å². The van der Waals surface area contributed by atoms with E-state index in [1.165, 1.54) is 0 Å². The summed E-state index contributed by atoms with van der Waals surface area (Å²) in [6, 6.07) is 0. The molecule has 2 rings (SSSR count). The van der Waals surface area contributed by atoms with Gasteiger partial charge in [-0.1, -0.05) is 18.2 Å². The summed E-state index contributed by atoms with van der Waals surface area (Å²) >= 11 is 0. The molecule has 0 aromatic carbocycles. The summed E-state index contributed by atoms with van der Waals surface area (Å²) in [7, 11) is 0. The number of primary amides is 2. The maximum absolute atomic E-state index is 11.5. The summed E-state index contributed by atoms with van der Waals surface area (Å²) in [4.78, 5) is 22.9. The van der Waals surface area contributed by atoms with Crippen LogP contribution >= 0.6 is 0 Å². The van der Waals surface area contributed by atoms with E-state index < -0.39 is 23.7 Å². The standard InChI is InChI=1S/C12H16N2O2/c1-2-4-12-5-3-7(6-12)8(10(13)15)9(12)11(14)16/h2-3,5,7-9H,1,4,6H2,(H2,13,15)(H2,14,16). The lowest BCUT2D eigenvalue weighted by atomic mass is 9.71. The Hall–Kier alpha value is -1.58. The van der Waals surface area contributed by atoms with Gasteiger partial charge in [-0.15, -0.1) is 6.58 Å². The minimum absolute atomic E-state index is 0.0648. The Morgan fingerprint density at radius 1 is 1.44 bits per heavy atom. The van der Waals surface area contributed by atoms with Gasteiger partial charge >= 0.3 is 0 Å². The smallest absolute Gasteiger partial charge is 0.222 e. The predicted molar refractivity (Wildman–Crippen MR) is 59.9 cm³/mol. The molecule has 86 valence electrons. The van der Waals surface area contributed by atoms with Crippen LogP contribution in [0.4, 0.5) is 0 Å². The fourth-order valence-electron chi connectivity index (χ4n) is 3.35. The van der Waals surface area contributed by atoms with Crippen molar-refractivity contribution in [2.45, 2.75) is 12.8 Å². The molecule has 4 heteroatoms. The number of nitrogens with two attached hydrogens (primary N) is 2. The van der Waals surface area contributed by atoms with Crippen molar-refractivity contribution >= 4 is 11.8 Å².